The van der Waals surface area contributed by atoms with Crippen LogP contribution in [0, 0.1) is 5.82 Å². The van der Waals surface area contributed by atoms with Gasteiger partial charge >= 0.3 is 0 Å². The molecule has 0 aromatic heterocycles. The Morgan fingerprint density at radius 2 is 2.12 bits per heavy atom. The van der Waals surface area contributed by atoms with Gasteiger partial charge in [0.2, 0.25) is 5.91 Å². The summed E-state index contributed by atoms with van der Waals surface area (Å²) in [5.41, 5.74) is 2.36. The van der Waals surface area contributed by atoms with Crippen LogP contribution in [0.5, 0.6) is 0 Å². The molecule has 2 aromatic rings. The van der Waals surface area contributed by atoms with E-state index in [9.17, 15) is 9.18 Å². The van der Waals surface area contributed by atoms with Crippen molar-refractivity contribution in [1.82, 2.24) is 4.90 Å². The Morgan fingerprint density at radius 1 is 1.31 bits per heavy atom. The van der Waals surface area contributed by atoms with Gasteiger partial charge < -0.3 is 9.74 Å². The fourth-order valence-electron chi connectivity index (χ4n) is 2.96. The second-order valence-electron chi connectivity index (χ2n) is 6.21. The van der Waals surface area contributed by atoms with Crippen molar-refractivity contribution in [2.24, 2.45) is 5.16 Å². The molecule has 0 radical (unpaired) electrons. The largest absolute Gasteiger partial charge is 0.390 e. The molecule has 0 spiro atoms. The molecule has 6 heteroatoms. The van der Waals surface area contributed by atoms with Gasteiger partial charge in [0.05, 0.1) is 12.3 Å². The average molecular weight is 375 g/mol. The van der Waals surface area contributed by atoms with E-state index in [2.05, 4.69) is 5.16 Å². The second kappa shape index (κ2) is 8.32. The van der Waals surface area contributed by atoms with Crippen LogP contribution in [0.1, 0.15) is 30.9 Å². The maximum atomic E-state index is 13.4. The van der Waals surface area contributed by atoms with E-state index in [0.29, 0.717) is 31.0 Å². The average Bonchev–Trinajstić information content (AvgIpc) is 3.09. The van der Waals surface area contributed by atoms with Gasteiger partial charge in [-0.1, -0.05) is 54.0 Å². The number of carbonyl (C=O) groups is 1. The van der Waals surface area contributed by atoms with Crippen molar-refractivity contribution in [3.63, 3.8) is 0 Å². The van der Waals surface area contributed by atoms with Gasteiger partial charge in [-0.3, -0.25) is 4.79 Å². The van der Waals surface area contributed by atoms with Gasteiger partial charge in [0.25, 0.3) is 0 Å². The van der Waals surface area contributed by atoms with E-state index >= 15 is 0 Å². The number of halogens is 2. The number of hydrogen-bond acceptors (Lipinski definition) is 3. The lowest BCUT2D eigenvalue weighted by atomic mass is 10.0. The highest BCUT2D eigenvalue weighted by Crippen LogP contribution is 2.23. The van der Waals surface area contributed by atoms with Crippen LogP contribution in [0.25, 0.3) is 0 Å². The number of carbonyl (C=O) groups excluding carboxylic acids is 1. The molecule has 4 nitrogen and oxygen atoms in total. The Hall–Kier alpha value is -2.40. The van der Waals surface area contributed by atoms with Crippen LogP contribution in [0.15, 0.2) is 53.7 Å². The van der Waals surface area contributed by atoms with Gasteiger partial charge in [-0.15, -0.1) is 0 Å². The lowest BCUT2D eigenvalue weighted by molar-refractivity contribution is -0.133. The van der Waals surface area contributed by atoms with Crippen molar-refractivity contribution >= 4 is 23.2 Å². The molecule has 0 N–H and O–H groups in total. The summed E-state index contributed by atoms with van der Waals surface area (Å²) in [7, 11) is 0. The first-order valence-electron chi connectivity index (χ1n) is 8.56. The van der Waals surface area contributed by atoms with E-state index in [0.717, 1.165) is 16.8 Å². The first-order valence-corrected chi connectivity index (χ1v) is 8.94. The standard InChI is InChI=1S/C20H20ClFN2O2/c1-2-20(25)24(12-14-6-5-7-15(22)10-14)13-16-11-19(23-26-16)17-8-3-4-9-18(17)21/h3-10,16H,2,11-13H2,1H3. The summed E-state index contributed by atoms with van der Waals surface area (Å²) < 4.78 is 13.4. The number of benzene rings is 2. The highest BCUT2D eigenvalue weighted by molar-refractivity contribution is 6.34. The molecule has 1 atom stereocenters. The third-order valence-electron chi connectivity index (χ3n) is 4.26. The third-order valence-corrected chi connectivity index (χ3v) is 4.59. The van der Waals surface area contributed by atoms with E-state index in [-0.39, 0.29) is 17.8 Å². The maximum Gasteiger partial charge on any atom is 0.222 e. The zero-order chi connectivity index (χ0) is 18.5. The smallest absolute Gasteiger partial charge is 0.222 e. The van der Waals surface area contributed by atoms with Gasteiger partial charge in [-0.25, -0.2) is 4.39 Å². The fraction of sp³-hybridized carbons (Fsp3) is 0.300. The van der Waals surface area contributed by atoms with Crippen LogP contribution in [0.2, 0.25) is 5.02 Å². The lowest BCUT2D eigenvalue weighted by Crippen LogP contribution is -2.36. The minimum Gasteiger partial charge on any atom is -0.390 e. The molecule has 1 aliphatic rings. The molecular weight excluding hydrogens is 355 g/mol. The summed E-state index contributed by atoms with van der Waals surface area (Å²) in [6, 6.07) is 13.7. The summed E-state index contributed by atoms with van der Waals surface area (Å²) in [5.74, 6) is -0.322. The van der Waals surface area contributed by atoms with Crippen LogP contribution in [0.4, 0.5) is 4.39 Å². The number of nitrogens with zero attached hydrogens (tertiary/aromatic N) is 2. The first kappa shape index (κ1) is 18.4. The van der Waals surface area contributed by atoms with Gasteiger partial charge in [-0.05, 0) is 23.8 Å². The molecule has 136 valence electrons. The van der Waals surface area contributed by atoms with Crippen molar-refractivity contribution in [3.05, 3.63) is 70.5 Å². The van der Waals surface area contributed by atoms with Crippen LogP contribution in [-0.4, -0.2) is 29.2 Å². The summed E-state index contributed by atoms with van der Waals surface area (Å²) >= 11 is 6.22. The molecule has 1 unspecified atom stereocenters. The number of hydrogen-bond donors (Lipinski definition) is 0. The molecular formula is C20H20ClFN2O2. The Morgan fingerprint density at radius 3 is 2.85 bits per heavy atom. The minimum atomic E-state index is -0.312. The van der Waals surface area contributed by atoms with Gasteiger partial charge in [0.1, 0.15) is 5.82 Å². The highest BCUT2D eigenvalue weighted by Gasteiger charge is 2.27. The monoisotopic (exact) mass is 374 g/mol. The molecule has 3 rings (SSSR count). The van der Waals surface area contributed by atoms with E-state index in [1.807, 2.05) is 31.2 Å². The first-order chi connectivity index (χ1) is 12.6. The summed E-state index contributed by atoms with van der Waals surface area (Å²) in [6.07, 6.45) is 0.700. The van der Waals surface area contributed by atoms with E-state index in [1.54, 1.807) is 17.0 Å². The Balaban J connectivity index is 1.67. The number of amides is 1. The zero-order valence-corrected chi connectivity index (χ0v) is 15.2. The van der Waals surface area contributed by atoms with E-state index in [1.165, 1.54) is 12.1 Å². The molecule has 1 heterocycles. The van der Waals surface area contributed by atoms with Crippen LogP contribution in [-0.2, 0) is 16.2 Å². The van der Waals surface area contributed by atoms with Crippen LogP contribution >= 0.6 is 11.6 Å². The van der Waals surface area contributed by atoms with E-state index < -0.39 is 0 Å². The van der Waals surface area contributed by atoms with Gasteiger partial charge in [0.15, 0.2) is 6.10 Å². The summed E-state index contributed by atoms with van der Waals surface area (Å²) in [5, 5.41) is 4.76. The molecule has 26 heavy (non-hydrogen) atoms. The molecule has 0 fully saturated rings. The molecule has 0 saturated heterocycles. The molecule has 0 bridgehead atoms. The van der Waals surface area contributed by atoms with Crippen molar-refractivity contribution in [2.45, 2.75) is 32.4 Å². The quantitative estimate of drug-likeness (QED) is 0.751. The summed E-state index contributed by atoms with van der Waals surface area (Å²) in [4.78, 5) is 19.5. The lowest BCUT2D eigenvalue weighted by Gasteiger charge is -2.24. The van der Waals surface area contributed by atoms with Crippen molar-refractivity contribution in [2.75, 3.05) is 6.54 Å². The predicted molar refractivity (Wildman–Crippen MR) is 99.6 cm³/mol. The predicted octanol–water partition coefficient (Wildman–Crippen LogP) is 4.41. The normalized spacial score (nSPS) is 16.1. The molecule has 0 saturated carbocycles. The van der Waals surface area contributed by atoms with Crippen LogP contribution < -0.4 is 0 Å². The Bertz CT molecular complexity index is 825. The van der Waals surface area contributed by atoms with Gasteiger partial charge in [0, 0.05) is 30.0 Å². The second-order valence-corrected chi connectivity index (χ2v) is 6.61. The number of rotatable bonds is 6. The topological polar surface area (TPSA) is 41.9 Å². The number of oxime groups is 1. The maximum absolute atomic E-state index is 13.4. The SMILES string of the molecule is CCC(=O)N(Cc1cccc(F)c1)CC1CC(c2ccccc2Cl)=NO1. The molecule has 0 aliphatic carbocycles. The van der Waals surface area contributed by atoms with Crippen molar-refractivity contribution in [3.8, 4) is 0 Å². The Labute approximate surface area is 157 Å². The fourth-order valence-corrected chi connectivity index (χ4v) is 3.21. The third kappa shape index (κ3) is 4.41. The summed E-state index contributed by atoms with van der Waals surface area (Å²) in [6.45, 7) is 2.54. The highest BCUT2D eigenvalue weighted by atomic mass is 35.5. The van der Waals surface area contributed by atoms with E-state index in [4.69, 9.17) is 16.4 Å². The molecule has 1 amide bonds. The van der Waals surface area contributed by atoms with Crippen LogP contribution in [0.3, 0.4) is 0 Å². The van der Waals surface area contributed by atoms with Crippen molar-refractivity contribution < 1.29 is 14.0 Å². The zero-order valence-electron chi connectivity index (χ0n) is 14.5. The Kier molecular flexibility index (Phi) is 5.89. The molecule has 1 aliphatic heterocycles. The molecule has 2 aromatic carbocycles. The van der Waals surface area contributed by atoms with Gasteiger partial charge in [-0.2, -0.15) is 0 Å². The van der Waals surface area contributed by atoms with Crippen molar-refractivity contribution in [1.29, 1.82) is 0 Å². The minimum absolute atomic E-state index is 0.0101.